The molecule has 3 aromatic heterocycles. The van der Waals surface area contributed by atoms with Crippen LogP contribution in [0.4, 0.5) is 0 Å². The molecule has 1 atom stereocenters. The Labute approximate surface area is 227 Å². The number of aromatic nitrogens is 3. The average molecular weight is 527 g/mol. The first-order chi connectivity index (χ1) is 19.0. The minimum absolute atomic E-state index is 0.246. The molecular weight excluding hydrogens is 492 g/mol. The molecule has 2 N–H and O–H groups in total. The number of amides is 1. The fourth-order valence-corrected chi connectivity index (χ4v) is 6.41. The molecule has 1 aromatic carbocycles. The zero-order valence-electron chi connectivity index (χ0n) is 22.0. The molecule has 4 heterocycles. The fraction of sp³-hybridized carbons (Fsp3) is 0.419. The van der Waals surface area contributed by atoms with Crippen LogP contribution in [0.3, 0.4) is 0 Å². The minimum atomic E-state index is -0.946. The van der Waals surface area contributed by atoms with Gasteiger partial charge in [0.05, 0.1) is 23.9 Å². The molecule has 1 saturated heterocycles. The second-order valence-corrected chi connectivity index (χ2v) is 11.1. The number of benzene rings is 1. The summed E-state index contributed by atoms with van der Waals surface area (Å²) in [4.78, 5) is 38.5. The van der Waals surface area contributed by atoms with Crippen LogP contribution in [-0.4, -0.2) is 56.5 Å². The Hall–Kier alpha value is -3.94. The number of fused-ring (bicyclic) bond motifs is 3. The summed E-state index contributed by atoms with van der Waals surface area (Å²) in [7, 11) is 0. The third-order valence-electron chi connectivity index (χ3n) is 8.53. The summed E-state index contributed by atoms with van der Waals surface area (Å²) in [5, 5.41) is 11.4. The number of nitrogens with zero attached hydrogens (tertiary/aromatic N) is 3. The van der Waals surface area contributed by atoms with E-state index in [-0.39, 0.29) is 17.4 Å². The highest BCUT2D eigenvalue weighted by Gasteiger charge is 2.29. The predicted molar refractivity (Wildman–Crippen MR) is 149 cm³/mol. The van der Waals surface area contributed by atoms with Crippen LogP contribution in [0.15, 0.2) is 55.0 Å². The minimum Gasteiger partial charge on any atom is -0.493 e. The molecule has 8 nitrogen and oxygen atoms in total. The zero-order chi connectivity index (χ0) is 26.8. The maximum atomic E-state index is 13.2. The van der Waals surface area contributed by atoms with Gasteiger partial charge in [0.25, 0.3) is 0 Å². The number of pyridine rings is 2. The molecule has 0 bridgehead atoms. The third-order valence-corrected chi connectivity index (χ3v) is 8.53. The van der Waals surface area contributed by atoms with Gasteiger partial charge in [0.2, 0.25) is 5.91 Å². The molecule has 1 saturated carbocycles. The lowest BCUT2D eigenvalue weighted by molar-refractivity contribution is -0.134. The SMILES string of the molecule is O=C(O)c1ccc(OCC2CCCN(C(=O)CC3CCC(c4cc[nH]c5cnc6nccc6c45)CC3)C2)cc1. The maximum Gasteiger partial charge on any atom is 0.335 e. The van der Waals surface area contributed by atoms with E-state index in [1.54, 1.807) is 24.3 Å². The number of carboxylic acids is 1. The highest BCUT2D eigenvalue weighted by atomic mass is 16.5. The predicted octanol–water partition coefficient (Wildman–Crippen LogP) is 5.79. The number of piperidine rings is 1. The van der Waals surface area contributed by atoms with Crippen LogP contribution in [0.5, 0.6) is 5.75 Å². The molecule has 6 rings (SSSR count). The number of H-pyrrole nitrogens is 1. The van der Waals surface area contributed by atoms with Gasteiger partial charge in [-0.25, -0.2) is 14.8 Å². The van der Waals surface area contributed by atoms with E-state index in [9.17, 15) is 9.59 Å². The summed E-state index contributed by atoms with van der Waals surface area (Å²) in [6, 6.07) is 10.8. The summed E-state index contributed by atoms with van der Waals surface area (Å²) < 4.78 is 5.92. The molecule has 2 aliphatic rings. The Morgan fingerprint density at radius 1 is 1.00 bits per heavy atom. The molecule has 1 aliphatic carbocycles. The molecule has 4 aromatic rings. The van der Waals surface area contributed by atoms with Crippen molar-refractivity contribution in [2.45, 2.75) is 50.9 Å². The lowest BCUT2D eigenvalue weighted by Crippen LogP contribution is -2.42. The Kier molecular flexibility index (Phi) is 7.18. The van der Waals surface area contributed by atoms with Gasteiger partial charge in [0.15, 0.2) is 5.65 Å². The topological polar surface area (TPSA) is 108 Å². The zero-order valence-corrected chi connectivity index (χ0v) is 22.0. The Balaban J connectivity index is 1.02. The monoisotopic (exact) mass is 526 g/mol. The number of hydrogen-bond acceptors (Lipinski definition) is 5. The van der Waals surface area contributed by atoms with Gasteiger partial charge in [-0.05, 0) is 92.3 Å². The van der Waals surface area contributed by atoms with Gasteiger partial charge < -0.3 is 19.7 Å². The molecule has 2 fully saturated rings. The number of carbonyl (C=O) groups excluding carboxylic acids is 1. The standard InChI is InChI=1S/C31H34N4O4/c36-28(35-15-1-2-21(18-35)19-39-24-9-7-23(8-10-24)31(37)38)16-20-3-5-22(6-4-20)25-11-13-32-27-17-34-30-26(29(25)27)12-14-33-30/h7-14,17,20-22,32H,1-6,15-16,18-19H2,(H,37,38). The van der Waals surface area contributed by atoms with E-state index in [2.05, 4.69) is 27.1 Å². The van der Waals surface area contributed by atoms with E-state index in [0.29, 0.717) is 30.6 Å². The summed E-state index contributed by atoms with van der Waals surface area (Å²) in [6.07, 6.45) is 12.7. The average Bonchev–Trinajstić information content (AvgIpc) is 3.46. The highest BCUT2D eigenvalue weighted by molar-refractivity contribution is 6.05. The van der Waals surface area contributed by atoms with Crippen molar-refractivity contribution < 1.29 is 19.4 Å². The van der Waals surface area contributed by atoms with Crippen molar-refractivity contribution in [2.24, 2.45) is 11.8 Å². The number of carbonyl (C=O) groups is 2. The van der Waals surface area contributed by atoms with Crippen LogP contribution >= 0.6 is 0 Å². The number of ether oxygens (including phenoxy) is 1. The normalized spacial score (nSPS) is 21.7. The van der Waals surface area contributed by atoms with Gasteiger partial charge in [-0.2, -0.15) is 0 Å². The van der Waals surface area contributed by atoms with E-state index in [0.717, 1.165) is 68.2 Å². The first-order valence-corrected chi connectivity index (χ1v) is 14.0. The van der Waals surface area contributed by atoms with Gasteiger partial charge in [-0.15, -0.1) is 0 Å². The molecule has 202 valence electrons. The number of hydrogen-bond donors (Lipinski definition) is 2. The maximum absolute atomic E-state index is 13.2. The smallest absolute Gasteiger partial charge is 0.335 e. The molecule has 0 radical (unpaired) electrons. The van der Waals surface area contributed by atoms with E-state index in [4.69, 9.17) is 9.84 Å². The van der Waals surface area contributed by atoms with Crippen LogP contribution in [0.25, 0.3) is 21.9 Å². The van der Waals surface area contributed by atoms with Gasteiger partial charge in [-0.3, -0.25) is 4.79 Å². The first-order valence-electron chi connectivity index (χ1n) is 14.0. The van der Waals surface area contributed by atoms with E-state index >= 15 is 0 Å². The molecule has 0 spiro atoms. The van der Waals surface area contributed by atoms with Crippen LogP contribution in [0, 0.1) is 11.8 Å². The van der Waals surface area contributed by atoms with Gasteiger partial charge in [0, 0.05) is 48.6 Å². The van der Waals surface area contributed by atoms with Crippen molar-refractivity contribution in [1.29, 1.82) is 0 Å². The Morgan fingerprint density at radius 3 is 2.62 bits per heavy atom. The third kappa shape index (κ3) is 5.46. The molecule has 39 heavy (non-hydrogen) atoms. The number of aromatic carboxylic acids is 1. The van der Waals surface area contributed by atoms with E-state index in [1.807, 2.05) is 23.5 Å². The van der Waals surface area contributed by atoms with Gasteiger partial charge in [-0.1, -0.05) is 0 Å². The van der Waals surface area contributed by atoms with E-state index < -0.39 is 5.97 Å². The van der Waals surface area contributed by atoms with Crippen molar-refractivity contribution in [3.05, 3.63) is 66.1 Å². The van der Waals surface area contributed by atoms with Crippen LogP contribution in [-0.2, 0) is 4.79 Å². The van der Waals surface area contributed by atoms with Crippen molar-refractivity contribution >= 4 is 33.8 Å². The molecule has 1 amide bonds. The van der Waals surface area contributed by atoms with Crippen LogP contribution in [0.2, 0.25) is 0 Å². The van der Waals surface area contributed by atoms with Crippen LogP contribution in [0.1, 0.15) is 66.8 Å². The lowest BCUT2D eigenvalue weighted by atomic mass is 9.76. The summed E-state index contributed by atoms with van der Waals surface area (Å²) in [5.74, 6) is 1.19. The molecule has 8 heteroatoms. The van der Waals surface area contributed by atoms with Gasteiger partial charge >= 0.3 is 5.97 Å². The molecule has 1 unspecified atom stereocenters. The van der Waals surface area contributed by atoms with Crippen molar-refractivity contribution in [2.75, 3.05) is 19.7 Å². The fourth-order valence-electron chi connectivity index (χ4n) is 6.41. The highest BCUT2D eigenvalue weighted by Crippen LogP contribution is 2.41. The second-order valence-electron chi connectivity index (χ2n) is 11.1. The second kappa shape index (κ2) is 11.0. The van der Waals surface area contributed by atoms with Crippen molar-refractivity contribution in [1.82, 2.24) is 19.9 Å². The first kappa shape index (κ1) is 25.3. The van der Waals surface area contributed by atoms with Gasteiger partial charge in [0.1, 0.15) is 5.75 Å². The largest absolute Gasteiger partial charge is 0.493 e. The number of carboxylic acid groups (broad SMARTS) is 1. The van der Waals surface area contributed by atoms with E-state index in [1.165, 1.54) is 10.9 Å². The number of aromatic amines is 1. The Bertz CT molecular complexity index is 1470. The molecular formula is C31H34N4O4. The summed E-state index contributed by atoms with van der Waals surface area (Å²) >= 11 is 0. The Morgan fingerprint density at radius 2 is 1.82 bits per heavy atom. The van der Waals surface area contributed by atoms with Crippen LogP contribution < -0.4 is 4.74 Å². The number of likely N-dealkylation sites (tertiary alicyclic amines) is 1. The quantitative estimate of drug-likeness (QED) is 0.316. The number of nitrogens with one attached hydrogen (secondary N) is 1. The van der Waals surface area contributed by atoms with Crippen molar-refractivity contribution in [3.8, 4) is 5.75 Å². The summed E-state index contributed by atoms with van der Waals surface area (Å²) in [5.41, 5.74) is 3.45. The molecule has 1 aliphatic heterocycles. The lowest BCUT2D eigenvalue weighted by Gasteiger charge is -2.35. The summed E-state index contributed by atoms with van der Waals surface area (Å²) in [6.45, 7) is 2.08. The van der Waals surface area contributed by atoms with Crippen molar-refractivity contribution in [3.63, 3.8) is 0 Å². The number of rotatable bonds is 7.